The number of aliphatic hydroxyl groups excluding tert-OH is 1. The summed E-state index contributed by atoms with van der Waals surface area (Å²) < 4.78 is 0. The largest absolute Gasteiger partial charge is 0.481 e. The van der Waals surface area contributed by atoms with E-state index in [0.717, 1.165) is 0 Å². The van der Waals surface area contributed by atoms with Crippen molar-refractivity contribution in [2.75, 3.05) is 6.61 Å². The maximum atomic E-state index is 12.1. The predicted octanol–water partition coefficient (Wildman–Crippen LogP) is -2.81. The maximum Gasteiger partial charge on any atom is 0.326 e. The Kier molecular flexibility index (Phi) is 8.18. The molecule has 8 N–H and O–H groups in total. The van der Waals surface area contributed by atoms with E-state index in [1.807, 2.05) is 0 Å². The van der Waals surface area contributed by atoms with Crippen LogP contribution < -0.4 is 16.4 Å². The molecule has 0 saturated heterocycles. The Labute approximate surface area is 147 Å². The second-order valence-corrected chi connectivity index (χ2v) is 5.46. The maximum absolute atomic E-state index is 12.1. The summed E-state index contributed by atoms with van der Waals surface area (Å²) >= 11 is 0. The Bertz CT molecular complexity index is 634. The molecule has 1 aromatic heterocycles. The van der Waals surface area contributed by atoms with Gasteiger partial charge < -0.3 is 36.7 Å². The lowest BCUT2D eigenvalue weighted by atomic mass is 10.1. The molecule has 2 amide bonds. The number of rotatable bonds is 11. The first kappa shape index (κ1) is 21.1. The molecule has 0 saturated carbocycles. The summed E-state index contributed by atoms with van der Waals surface area (Å²) in [5.41, 5.74) is 6.30. The quantitative estimate of drug-likeness (QED) is 0.214. The highest BCUT2D eigenvalue weighted by Crippen LogP contribution is 2.00. The molecular formula is C14H21N5O7. The van der Waals surface area contributed by atoms with Crippen molar-refractivity contribution in [3.05, 3.63) is 18.2 Å². The zero-order valence-electron chi connectivity index (χ0n) is 13.7. The number of carboxylic acids is 2. The van der Waals surface area contributed by atoms with Gasteiger partial charge in [0.05, 0.1) is 19.0 Å². The number of amides is 2. The van der Waals surface area contributed by atoms with Gasteiger partial charge in [0.1, 0.15) is 12.1 Å². The molecule has 12 heteroatoms. The Balaban J connectivity index is 2.61. The minimum Gasteiger partial charge on any atom is -0.481 e. The zero-order valence-corrected chi connectivity index (χ0v) is 13.7. The van der Waals surface area contributed by atoms with Crippen molar-refractivity contribution < 1.29 is 34.5 Å². The average molecular weight is 371 g/mol. The molecule has 0 bridgehead atoms. The van der Waals surface area contributed by atoms with Gasteiger partial charge in [-0.05, 0) is 6.42 Å². The first-order valence-corrected chi connectivity index (χ1v) is 7.63. The summed E-state index contributed by atoms with van der Waals surface area (Å²) in [5, 5.41) is 31.2. The van der Waals surface area contributed by atoms with Crippen LogP contribution in [0, 0.1) is 0 Å². The number of H-pyrrole nitrogens is 1. The van der Waals surface area contributed by atoms with Gasteiger partial charge >= 0.3 is 11.9 Å². The first-order chi connectivity index (χ1) is 12.2. The lowest BCUT2D eigenvalue weighted by molar-refractivity contribution is -0.143. The predicted molar refractivity (Wildman–Crippen MR) is 85.7 cm³/mol. The van der Waals surface area contributed by atoms with E-state index >= 15 is 0 Å². The van der Waals surface area contributed by atoms with E-state index in [-0.39, 0.29) is 12.8 Å². The lowest BCUT2D eigenvalue weighted by Gasteiger charge is -2.21. The lowest BCUT2D eigenvalue weighted by Crippen LogP contribution is -2.56. The second-order valence-electron chi connectivity index (χ2n) is 5.46. The van der Waals surface area contributed by atoms with E-state index in [1.165, 1.54) is 12.5 Å². The van der Waals surface area contributed by atoms with Crippen LogP contribution in [0.25, 0.3) is 0 Å². The summed E-state index contributed by atoms with van der Waals surface area (Å²) in [6.45, 7) is -0.792. The van der Waals surface area contributed by atoms with Crippen LogP contribution in [0.1, 0.15) is 18.5 Å². The van der Waals surface area contributed by atoms with E-state index in [9.17, 15) is 24.3 Å². The van der Waals surface area contributed by atoms with Gasteiger partial charge in [-0.3, -0.25) is 14.4 Å². The summed E-state index contributed by atoms with van der Waals surface area (Å²) in [5.74, 6) is -4.35. The van der Waals surface area contributed by atoms with Crippen LogP contribution in [-0.4, -0.2) is 73.8 Å². The van der Waals surface area contributed by atoms with Crippen molar-refractivity contribution >= 4 is 23.8 Å². The van der Waals surface area contributed by atoms with Crippen molar-refractivity contribution in [2.45, 2.75) is 37.4 Å². The normalized spacial score (nSPS) is 14.1. The number of nitrogens with one attached hydrogen (secondary N) is 3. The van der Waals surface area contributed by atoms with Crippen molar-refractivity contribution in [1.82, 2.24) is 20.6 Å². The van der Waals surface area contributed by atoms with Crippen molar-refractivity contribution in [2.24, 2.45) is 5.73 Å². The molecule has 0 spiro atoms. The first-order valence-electron chi connectivity index (χ1n) is 7.63. The van der Waals surface area contributed by atoms with E-state index in [1.54, 1.807) is 0 Å². The number of carbonyl (C=O) groups excluding carboxylic acids is 2. The third kappa shape index (κ3) is 6.86. The van der Waals surface area contributed by atoms with Gasteiger partial charge in [-0.15, -0.1) is 0 Å². The Hall–Kier alpha value is -2.99. The highest BCUT2D eigenvalue weighted by atomic mass is 16.4. The number of aromatic nitrogens is 2. The average Bonchev–Trinajstić information content (AvgIpc) is 3.08. The Morgan fingerprint density at radius 3 is 2.31 bits per heavy atom. The van der Waals surface area contributed by atoms with E-state index in [2.05, 4.69) is 20.6 Å². The zero-order chi connectivity index (χ0) is 19.7. The highest BCUT2D eigenvalue weighted by molar-refractivity contribution is 5.92. The number of nitrogens with two attached hydrogens (primary N) is 1. The monoisotopic (exact) mass is 371 g/mol. The van der Waals surface area contributed by atoms with E-state index < -0.39 is 54.9 Å². The van der Waals surface area contributed by atoms with Crippen molar-refractivity contribution in [1.29, 1.82) is 0 Å². The SMILES string of the molecule is N[C@@H](Cc1cnc[nH]1)C(=O)N[C@@H](CO)C(=O)N[C@@H](CCC(=O)O)C(=O)O. The molecule has 26 heavy (non-hydrogen) atoms. The smallest absolute Gasteiger partial charge is 0.326 e. The Morgan fingerprint density at radius 1 is 1.15 bits per heavy atom. The molecule has 1 rings (SSSR count). The second kappa shape index (κ2) is 10.1. The molecule has 1 aromatic rings. The molecule has 0 aliphatic carbocycles. The number of aliphatic carboxylic acids is 2. The van der Waals surface area contributed by atoms with Gasteiger partial charge in [-0.25, -0.2) is 9.78 Å². The third-order valence-corrected chi connectivity index (χ3v) is 3.41. The van der Waals surface area contributed by atoms with Crippen molar-refractivity contribution in [3.63, 3.8) is 0 Å². The molecule has 144 valence electrons. The van der Waals surface area contributed by atoms with Crippen LogP contribution in [-0.2, 0) is 25.6 Å². The minimum absolute atomic E-state index is 0.113. The molecule has 0 unspecified atom stereocenters. The van der Waals surface area contributed by atoms with Gasteiger partial charge in [0.2, 0.25) is 11.8 Å². The summed E-state index contributed by atoms with van der Waals surface area (Å²) in [6.07, 6.45) is 2.18. The third-order valence-electron chi connectivity index (χ3n) is 3.41. The molecule has 0 fully saturated rings. The molecule has 3 atom stereocenters. The molecule has 12 nitrogen and oxygen atoms in total. The molecular weight excluding hydrogens is 350 g/mol. The highest BCUT2D eigenvalue weighted by Gasteiger charge is 2.28. The topological polar surface area (TPSA) is 208 Å². The fraction of sp³-hybridized carbons (Fsp3) is 0.500. The summed E-state index contributed by atoms with van der Waals surface area (Å²) in [6, 6.07) is -3.93. The van der Waals surface area contributed by atoms with E-state index in [4.69, 9.17) is 15.9 Å². The molecule has 0 aliphatic rings. The summed E-state index contributed by atoms with van der Waals surface area (Å²) in [4.78, 5) is 52.2. The number of aromatic amines is 1. The van der Waals surface area contributed by atoms with Crippen LogP contribution in [0.5, 0.6) is 0 Å². The number of carbonyl (C=O) groups is 4. The number of nitrogens with zero attached hydrogens (tertiary/aromatic N) is 1. The number of aliphatic hydroxyl groups is 1. The van der Waals surface area contributed by atoms with Crippen LogP contribution in [0.2, 0.25) is 0 Å². The van der Waals surface area contributed by atoms with Gasteiger partial charge in [0, 0.05) is 24.7 Å². The van der Waals surface area contributed by atoms with Crippen LogP contribution in [0.4, 0.5) is 0 Å². The number of hydrogen-bond donors (Lipinski definition) is 7. The molecule has 0 aromatic carbocycles. The van der Waals surface area contributed by atoms with Crippen LogP contribution in [0.3, 0.4) is 0 Å². The van der Waals surface area contributed by atoms with Crippen LogP contribution in [0.15, 0.2) is 12.5 Å². The summed E-state index contributed by atoms with van der Waals surface area (Å²) in [7, 11) is 0. The molecule has 0 aliphatic heterocycles. The minimum atomic E-state index is -1.47. The van der Waals surface area contributed by atoms with Crippen LogP contribution >= 0.6 is 0 Å². The fourth-order valence-corrected chi connectivity index (χ4v) is 2.00. The fourth-order valence-electron chi connectivity index (χ4n) is 2.00. The van der Waals surface area contributed by atoms with Gasteiger partial charge in [-0.2, -0.15) is 0 Å². The number of imidazole rings is 1. The van der Waals surface area contributed by atoms with Gasteiger partial charge in [-0.1, -0.05) is 0 Å². The van der Waals surface area contributed by atoms with E-state index in [0.29, 0.717) is 5.69 Å². The Morgan fingerprint density at radius 2 is 1.81 bits per heavy atom. The number of carboxylic acid groups (broad SMARTS) is 2. The standard InChI is InChI=1S/C14H21N5O7/c15-8(3-7-4-16-6-17-7)12(23)19-10(5-20)13(24)18-9(14(25)26)1-2-11(21)22/h4,6,8-10,20H,1-3,5,15H2,(H,16,17)(H,18,24)(H,19,23)(H,21,22)(H,25,26)/t8-,9-,10-/m0/s1. The molecule has 1 heterocycles. The molecule has 0 radical (unpaired) electrons. The van der Waals surface area contributed by atoms with Crippen molar-refractivity contribution in [3.8, 4) is 0 Å². The number of hydrogen-bond acceptors (Lipinski definition) is 7. The van der Waals surface area contributed by atoms with Gasteiger partial charge in [0.15, 0.2) is 0 Å². The van der Waals surface area contributed by atoms with Gasteiger partial charge in [0.25, 0.3) is 0 Å².